The van der Waals surface area contributed by atoms with Gasteiger partial charge in [-0.1, -0.05) is 0 Å². The van der Waals surface area contributed by atoms with Crippen molar-refractivity contribution in [3.8, 4) is 0 Å². The van der Waals surface area contributed by atoms with Gasteiger partial charge in [0.2, 0.25) is 0 Å². The monoisotopic (exact) mass is 398 g/mol. The number of hydrogen-bond donors (Lipinski definition) is 3. The van der Waals surface area contributed by atoms with E-state index in [2.05, 4.69) is 9.71 Å². The van der Waals surface area contributed by atoms with Crippen molar-refractivity contribution in [2.75, 3.05) is 36.1 Å². The van der Waals surface area contributed by atoms with E-state index in [1.807, 2.05) is 0 Å². The standard InChI is InChI=1S/C17H23FN4O4S/c1-4-26-15(23)8-7-11-12(10-13(22(2)3)17(19)16(11)18)21-27(24,25)14-6-5-9-20-14/h5-6,9-10,20-21H,4,7-8,19H2,1-3H3. The molecule has 0 saturated carbocycles. The number of sulfonamides is 1. The first-order valence-corrected chi connectivity index (χ1v) is 9.75. The number of benzene rings is 1. The van der Waals surface area contributed by atoms with Crippen LogP contribution in [0.25, 0.3) is 0 Å². The molecule has 0 amide bonds. The van der Waals surface area contributed by atoms with Gasteiger partial charge >= 0.3 is 5.97 Å². The summed E-state index contributed by atoms with van der Waals surface area (Å²) in [5.41, 5.74) is 6.07. The summed E-state index contributed by atoms with van der Waals surface area (Å²) in [6, 6.07) is 4.35. The zero-order valence-electron chi connectivity index (χ0n) is 15.4. The number of esters is 1. The molecule has 0 atom stereocenters. The average molecular weight is 398 g/mol. The van der Waals surface area contributed by atoms with Crippen molar-refractivity contribution in [1.82, 2.24) is 4.98 Å². The maximum atomic E-state index is 14.9. The minimum absolute atomic E-state index is 0.00119. The van der Waals surface area contributed by atoms with Crippen molar-refractivity contribution in [2.45, 2.75) is 24.8 Å². The molecular weight excluding hydrogens is 375 g/mol. The number of rotatable bonds is 8. The maximum Gasteiger partial charge on any atom is 0.306 e. The highest BCUT2D eigenvalue weighted by atomic mass is 32.2. The molecule has 0 radical (unpaired) electrons. The average Bonchev–Trinajstić information content (AvgIpc) is 3.13. The van der Waals surface area contributed by atoms with Crippen LogP contribution in [-0.2, 0) is 26.0 Å². The van der Waals surface area contributed by atoms with Crippen molar-refractivity contribution in [2.24, 2.45) is 0 Å². The Labute approximate surface area is 157 Å². The van der Waals surface area contributed by atoms with Gasteiger partial charge in [-0.3, -0.25) is 9.52 Å². The van der Waals surface area contributed by atoms with E-state index >= 15 is 0 Å². The largest absolute Gasteiger partial charge is 0.466 e. The Hall–Kier alpha value is -2.75. The topological polar surface area (TPSA) is 118 Å². The molecule has 4 N–H and O–H groups in total. The van der Waals surface area contributed by atoms with Gasteiger partial charge in [0.05, 0.1) is 23.7 Å². The summed E-state index contributed by atoms with van der Waals surface area (Å²) in [6.07, 6.45) is 1.29. The first kappa shape index (κ1) is 20.6. The lowest BCUT2D eigenvalue weighted by Gasteiger charge is -2.21. The number of aromatic nitrogens is 1. The number of nitrogens with zero attached hydrogens (tertiary/aromatic N) is 1. The van der Waals surface area contributed by atoms with E-state index in [1.165, 1.54) is 24.4 Å². The Balaban J connectivity index is 2.47. The molecule has 0 aliphatic carbocycles. The highest BCUT2D eigenvalue weighted by molar-refractivity contribution is 7.92. The second-order valence-electron chi connectivity index (χ2n) is 5.99. The minimum Gasteiger partial charge on any atom is -0.466 e. The fourth-order valence-corrected chi connectivity index (χ4v) is 3.60. The van der Waals surface area contributed by atoms with Gasteiger partial charge in [0.1, 0.15) is 0 Å². The molecule has 1 aromatic carbocycles. The van der Waals surface area contributed by atoms with Crippen molar-refractivity contribution in [3.05, 3.63) is 35.8 Å². The molecule has 2 rings (SSSR count). The number of halogens is 1. The van der Waals surface area contributed by atoms with E-state index in [-0.39, 0.29) is 41.4 Å². The van der Waals surface area contributed by atoms with Crippen LogP contribution >= 0.6 is 0 Å². The third-order valence-corrected chi connectivity index (χ3v) is 5.17. The van der Waals surface area contributed by atoms with Crippen LogP contribution in [-0.4, -0.2) is 40.1 Å². The molecular formula is C17H23FN4O4S. The molecule has 10 heteroatoms. The van der Waals surface area contributed by atoms with Crippen molar-refractivity contribution < 1.29 is 22.3 Å². The highest BCUT2D eigenvalue weighted by Crippen LogP contribution is 2.35. The molecule has 148 valence electrons. The van der Waals surface area contributed by atoms with Gasteiger partial charge < -0.3 is 20.4 Å². The predicted molar refractivity (Wildman–Crippen MR) is 102 cm³/mol. The Morgan fingerprint density at radius 2 is 2.11 bits per heavy atom. The van der Waals surface area contributed by atoms with Crippen LogP contribution in [0.4, 0.5) is 21.5 Å². The summed E-state index contributed by atoms with van der Waals surface area (Å²) in [4.78, 5) is 15.8. The number of nitrogens with two attached hydrogens (primary N) is 1. The van der Waals surface area contributed by atoms with E-state index in [1.54, 1.807) is 25.9 Å². The van der Waals surface area contributed by atoms with Gasteiger partial charge in [-0.2, -0.15) is 8.42 Å². The molecule has 0 bridgehead atoms. The van der Waals surface area contributed by atoms with E-state index in [4.69, 9.17) is 10.5 Å². The lowest BCUT2D eigenvalue weighted by Crippen LogP contribution is -2.19. The summed E-state index contributed by atoms with van der Waals surface area (Å²) in [6.45, 7) is 1.87. The SMILES string of the molecule is CCOC(=O)CCc1c(NS(=O)(=O)c2ccc[nH]2)cc(N(C)C)c(N)c1F. The molecule has 1 heterocycles. The molecule has 0 aliphatic heterocycles. The molecule has 27 heavy (non-hydrogen) atoms. The number of ether oxygens (including phenoxy) is 1. The summed E-state index contributed by atoms with van der Waals surface area (Å²) in [5.74, 6) is -1.28. The van der Waals surface area contributed by atoms with Crippen molar-refractivity contribution in [1.29, 1.82) is 0 Å². The third kappa shape index (κ3) is 4.70. The fraction of sp³-hybridized carbons (Fsp3) is 0.353. The van der Waals surface area contributed by atoms with Crippen LogP contribution in [0.5, 0.6) is 0 Å². The Morgan fingerprint density at radius 3 is 2.67 bits per heavy atom. The molecule has 2 aromatic rings. The number of nitrogens with one attached hydrogen (secondary N) is 2. The molecule has 0 spiro atoms. The number of nitrogen functional groups attached to an aromatic ring is 1. The van der Waals surface area contributed by atoms with E-state index in [0.29, 0.717) is 5.69 Å². The van der Waals surface area contributed by atoms with Crippen molar-refractivity contribution in [3.63, 3.8) is 0 Å². The number of carbonyl (C=O) groups excluding carboxylic acids is 1. The summed E-state index contributed by atoms with van der Waals surface area (Å²) in [7, 11) is -0.642. The number of hydrogen-bond acceptors (Lipinski definition) is 6. The molecule has 0 fully saturated rings. The number of anilines is 3. The smallest absolute Gasteiger partial charge is 0.306 e. The van der Waals surface area contributed by atoms with Crippen LogP contribution in [0, 0.1) is 5.82 Å². The van der Waals surface area contributed by atoms with Crippen LogP contribution in [0.2, 0.25) is 0 Å². The lowest BCUT2D eigenvalue weighted by molar-refractivity contribution is -0.143. The quantitative estimate of drug-likeness (QED) is 0.463. The fourth-order valence-electron chi connectivity index (χ4n) is 2.54. The van der Waals surface area contributed by atoms with Gasteiger partial charge in [-0.05, 0) is 31.5 Å². The summed E-state index contributed by atoms with van der Waals surface area (Å²) in [5, 5.41) is -0.0671. The zero-order valence-corrected chi connectivity index (χ0v) is 16.2. The van der Waals surface area contributed by atoms with Crippen LogP contribution in [0.15, 0.2) is 29.4 Å². The highest BCUT2D eigenvalue weighted by Gasteiger charge is 2.23. The Bertz CT molecular complexity index is 912. The Kier molecular flexibility index (Phi) is 6.32. The number of aromatic amines is 1. The number of carbonyl (C=O) groups is 1. The summed E-state index contributed by atoms with van der Waals surface area (Å²) < 4.78 is 47.2. The molecule has 0 saturated heterocycles. The normalized spacial score (nSPS) is 11.3. The Morgan fingerprint density at radius 1 is 1.41 bits per heavy atom. The van der Waals surface area contributed by atoms with Gasteiger partial charge in [0.15, 0.2) is 10.8 Å². The van der Waals surface area contributed by atoms with Gasteiger partial charge in [0, 0.05) is 32.3 Å². The van der Waals surface area contributed by atoms with Crippen LogP contribution in [0.1, 0.15) is 18.9 Å². The van der Waals surface area contributed by atoms with E-state index in [9.17, 15) is 17.6 Å². The van der Waals surface area contributed by atoms with Gasteiger partial charge in [-0.25, -0.2) is 4.39 Å². The first-order chi connectivity index (χ1) is 12.7. The molecule has 0 aliphatic rings. The molecule has 1 aromatic heterocycles. The zero-order chi connectivity index (χ0) is 20.2. The lowest BCUT2D eigenvalue weighted by atomic mass is 10.0. The second kappa shape index (κ2) is 8.30. The second-order valence-corrected chi connectivity index (χ2v) is 7.64. The van der Waals surface area contributed by atoms with Gasteiger partial charge in [0.25, 0.3) is 10.0 Å². The van der Waals surface area contributed by atoms with E-state index < -0.39 is 21.8 Å². The predicted octanol–water partition coefficient (Wildman–Crippen LogP) is 2.10. The molecule has 8 nitrogen and oxygen atoms in total. The van der Waals surface area contributed by atoms with Crippen LogP contribution < -0.4 is 15.4 Å². The van der Waals surface area contributed by atoms with Crippen LogP contribution in [0.3, 0.4) is 0 Å². The first-order valence-electron chi connectivity index (χ1n) is 8.27. The third-order valence-electron chi connectivity index (χ3n) is 3.85. The van der Waals surface area contributed by atoms with Gasteiger partial charge in [-0.15, -0.1) is 0 Å². The minimum atomic E-state index is -3.96. The summed E-state index contributed by atoms with van der Waals surface area (Å²) >= 11 is 0. The molecule has 0 unspecified atom stereocenters. The van der Waals surface area contributed by atoms with E-state index in [0.717, 1.165) is 0 Å². The number of H-pyrrole nitrogens is 1. The maximum absolute atomic E-state index is 14.9. The van der Waals surface area contributed by atoms with Crippen molar-refractivity contribution >= 4 is 33.1 Å².